The van der Waals surface area contributed by atoms with E-state index in [0.29, 0.717) is 17.5 Å². The summed E-state index contributed by atoms with van der Waals surface area (Å²) in [6.07, 6.45) is 3.18. The van der Waals surface area contributed by atoms with Crippen molar-refractivity contribution < 1.29 is 14.7 Å². The lowest BCUT2D eigenvalue weighted by molar-refractivity contribution is 0.0694. The number of carbonyl (C=O) groups excluding carboxylic acids is 1. The van der Waals surface area contributed by atoms with Gasteiger partial charge in [-0.05, 0) is 50.2 Å². The van der Waals surface area contributed by atoms with Gasteiger partial charge in [0.15, 0.2) is 0 Å². The number of carboxylic acid groups (broad SMARTS) is 1. The van der Waals surface area contributed by atoms with Crippen molar-refractivity contribution in [3.63, 3.8) is 0 Å². The molecule has 2 atom stereocenters. The summed E-state index contributed by atoms with van der Waals surface area (Å²) in [5, 5.41) is 12.0. The fourth-order valence-corrected chi connectivity index (χ4v) is 3.24. The number of nitrogens with one attached hydrogen (secondary N) is 1. The first-order valence-electron chi connectivity index (χ1n) is 7.38. The van der Waals surface area contributed by atoms with Crippen molar-refractivity contribution in [3.05, 3.63) is 29.1 Å². The molecular formula is C16H22N2O3. The number of hydrogen-bond acceptors (Lipinski definition) is 3. The van der Waals surface area contributed by atoms with Crippen molar-refractivity contribution in [2.45, 2.75) is 46.1 Å². The van der Waals surface area contributed by atoms with Gasteiger partial charge in [-0.1, -0.05) is 13.8 Å². The second kappa shape index (κ2) is 6.24. The van der Waals surface area contributed by atoms with Gasteiger partial charge in [0.1, 0.15) is 5.69 Å². The van der Waals surface area contributed by atoms with Gasteiger partial charge >= 0.3 is 5.97 Å². The average molecular weight is 290 g/mol. The highest BCUT2D eigenvalue weighted by atomic mass is 16.4. The highest BCUT2D eigenvalue weighted by Crippen LogP contribution is 2.28. The van der Waals surface area contributed by atoms with E-state index in [1.54, 1.807) is 6.92 Å². The summed E-state index contributed by atoms with van der Waals surface area (Å²) in [6, 6.07) is 3.09. The van der Waals surface area contributed by atoms with Gasteiger partial charge in [-0.2, -0.15) is 0 Å². The van der Waals surface area contributed by atoms with Crippen LogP contribution in [0.1, 0.15) is 59.7 Å². The van der Waals surface area contributed by atoms with Crippen LogP contribution in [-0.4, -0.2) is 28.0 Å². The number of carbonyl (C=O) groups is 2. The third-order valence-electron chi connectivity index (χ3n) is 4.06. The topological polar surface area (TPSA) is 79.3 Å². The van der Waals surface area contributed by atoms with Gasteiger partial charge in [0.05, 0.1) is 11.3 Å². The maximum atomic E-state index is 12.2. The molecular weight excluding hydrogens is 268 g/mol. The van der Waals surface area contributed by atoms with Crippen LogP contribution in [0.3, 0.4) is 0 Å². The van der Waals surface area contributed by atoms with E-state index in [9.17, 15) is 9.59 Å². The third kappa shape index (κ3) is 3.80. The van der Waals surface area contributed by atoms with E-state index >= 15 is 0 Å². The smallest absolute Gasteiger partial charge is 0.337 e. The fourth-order valence-electron chi connectivity index (χ4n) is 3.24. The minimum absolute atomic E-state index is 0.131. The fraction of sp³-hybridized carbons (Fsp3) is 0.562. The molecule has 0 bridgehead atoms. The highest BCUT2D eigenvalue weighted by Gasteiger charge is 2.25. The molecule has 1 aliphatic rings. The number of hydrogen-bond donors (Lipinski definition) is 2. The van der Waals surface area contributed by atoms with Crippen LogP contribution in [0, 0.1) is 18.8 Å². The van der Waals surface area contributed by atoms with E-state index in [0.717, 1.165) is 12.8 Å². The number of pyridine rings is 1. The molecule has 1 amide bonds. The standard InChI is InChI=1S/C16H22N2O3/c1-9-6-10(2)8-12(7-9)18-15(19)14-5-4-13(16(20)21)11(3)17-14/h4-5,9-10,12H,6-8H2,1-3H3,(H,18,19)(H,20,21). The number of aromatic nitrogens is 1. The van der Waals surface area contributed by atoms with Gasteiger partial charge in [-0.25, -0.2) is 9.78 Å². The number of aromatic carboxylic acids is 1. The summed E-state index contributed by atoms with van der Waals surface area (Å²) >= 11 is 0. The van der Waals surface area contributed by atoms with Crippen molar-refractivity contribution in [2.75, 3.05) is 0 Å². The van der Waals surface area contributed by atoms with Gasteiger partial charge in [-0.3, -0.25) is 4.79 Å². The molecule has 0 aliphatic heterocycles. The molecule has 1 aromatic rings. The monoisotopic (exact) mass is 290 g/mol. The Morgan fingerprint density at radius 2 is 1.81 bits per heavy atom. The number of rotatable bonds is 3. The number of nitrogens with zero attached hydrogens (tertiary/aromatic N) is 1. The molecule has 114 valence electrons. The molecule has 0 saturated heterocycles. The summed E-state index contributed by atoms with van der Waals surface area (Å²) in [5.41, 5.74) is 0.773. The van der Waals surface area contributed by atoms with Crippen molar-refractivity contribution in [2.24, 2.45) is 11.8 Å². The normalized spacial score (nSPS) is 25.4. The van der Waals surface area contributed by atoms with Crippen molar-refractivity contribution in [1.29, 1.82) is 0 Å². The van der Waals surface area contributed by atoms with Crippen LogP contribution in [-0.2, 0) is 0 Å². The van der Waals surface area contributed by atoms with E-state index in [1.807, 2.05) is 0 Å². The SMILES string of the molecule is Cc1nc(C(=O)NC2CC(C)CC(C)C2)ccc1C(=O)O. The zero-order valence-corrected chi connectivity index (χ0v) is 12.7. The molecule has 1 aliphatic carbocycles. The highest BCUT2D eigenvalue weighted by molar-refractivity contribution is 5.94. The van der Waals surface area contributed by atoms with Gasteiger partial charge in [0.25, 0.3) is 5.91 Å². The molecule has 5 heteroatoms. The molecule has 2 N–H and O–H groups in total. The molecule has 1 fully saturated rings. The molecule has 1 heterocycles. The molecule has 21 heavy (non-hydrogen) atoms. The Kier molecular flexibility index (Phi) is 4.60. The van der Waals surface area contributed by atoms with Crippen molar-refractivity contribution in [1.82, 2.24) is 10.3 Å². The van der Waals surface area contributed by atoms with E-state index in [4.69, 9.17) is 5.11 Å². The number of aryl methyl sites for hydroxylation is 1. The second-order valence-corrected chi connectivity index (χ2v) is 6.22. The summed E-state index contributed by atoms with van der Waals surface area (Å²) < 4.78 is 0. The Morgan fingerprint density at radius 3 is 2.33 bits per heavy atom. The Morgan fingerprint density at radius 1 is 1.19 bits per heavy atom. The Labute approximate surface area is 124 Å². The average Bonchev–Trinajstić information content (AvgIpc) is 2.36. The van der Waals surface area contributed by atoms with Crippen LogP contribution in [0.2, 0.25) is 0 Å². The predicted octanol–water partition coefficient (Wildman–Crippen LogP) is 2.64. The van der Waals surface area contributed by atoms with Crippen LogP contribution >= 0.6 is 0 Å². The Hall–Kier alpha value is -1.91. The summed E-state index contributed by atoms with van der Waals surface area (Å²) in [7, 11) is 0. The van der Waals surface area contributed by atoms with Gasteiger partial charge in [0.2, 0.25) is 0 Å². The van der Waals surface area contributed by atoms with E-state index in [2.05, 4.69) is 24.1 Å². The maximum absolute atomic E-state index is 12.2. The number of carboxylic acids is 1. The summed E-state index contributed by atoms with van der Waals surface area (Å²) in [5.74, 6) is -0.0190. The van der Waals surface area contributed by atoms with Crippen LogP contribution in [0.25, 0.3) is 0 Å². The van der Waals surface area contributed by atoms with Gasteiger partial charge < -0.3 is 10.4 Å². The number of amides is 1. The van der Waals surface area contributed by atoms with Crippen LogP contribution in [0.4, 0.5) is 0 Å². The first-order valence-corrected chi connectivity index (χ1v) is 7.38. The lowest BCUT2D eigenvalue weighted by Crippen LogP contribution is -2.40. The van der Waals surface area contributed by atoms with Crippen molar-refractivity contribution in [3.8, 4) is 0 Å². The summed E-state index contributed by atoms with van der Waals surface area (Å²) in [4.78, 5) is 27.3. The molecule has 2 unspecified atom stereocenters. The zero-order valence-electron chi connectivity index (χ0n) is 12.7. The molecule has 2 rings (SSSR count). The third-order valence-corrected chi connectivity index (χ3v) is 4.06. The minimum Gasteiger partial charge on any atom is -0.478 e. The van der Waals surface area contributed by atoms with Gasteiger partial charge in [-0.15, -0.1) is 0 Å². The molecule has 1 saturated carbocycles. The van der Waals surface area contributed by atoms with Crippen LogP contribution in [0.5, 0.6) is 0 Å². The lowest BCUT2D eigenvalue weighted by Gasteiger charge is -2.31. The second-order valence-electron chi connectivity index (χ2n) is 6.22. The molecule has 5 nitrogen and oxygen atoms in total. The minimum atomic E-state index is -1.03. The molecule has 0 spiro atoms. The van der Waals surface area contributed by atoms with Crippen LogP contribution < -0.4 is 5.32 Å². The molecule has 0 radical (unpaired) electrons. The summed E-state index contributed by atoms with van der Waals surface area (Å²) in [6.45, 7) is 6.02. The van der Waals surface area contributed by atoms with E-state index in [-0.39, 0.29) is 23.2 Å². The van der Waals surface area contributed by atoms with E-state index in [1.165, 1.54) is 18.6 Å². The Bertz CT molecular complexity index is 546. The first-order chi connectivity index (χ1) is 9.86. The first kappa shape index (κ1) is 15.5. The van der Waals surface area contributed by atoms with E-state index < -0.39 is 5.97 Å². The quantitative estimate of drug-likeness (QED) is 0.897. The van der Waals surface area contributed by atoms with Crippen LogP contribution in [0.15, 0.2) is 12.1 Å². The molecule has 0 aromatic carbocycles. The maximum Gasteiger partial charge on any atom is 0.337 e. The predicted molar refractivity (Wildman–Crippen MR) is 79.4 cm³/mol. The lowest BCUT2D eigenvalue weighted by atomic mass is 9.80. The molecule has 1 aromatic heterocycles. The zero-order chi connectivity index (χ0) is 15.6. The largest absolute Gasteiger partial charge is 0.478 e. The Balaban J connectivity index is 2.06. The van der Waals surface area contributed by atoms with Crippen molar-refractivity contribution >= 4 is 11.9 Å². The van der Waals surface area contributed by atoms with Gasteiger partial charge in [0, 0.05) is 6.04 Å².